The minimum Gasteiger partial charge on any atom is -0.481 e. The molecule has 3 amide bonds. The van der Waals surface area contributed by atoms with Crippen LogP contribution in [-0.4, -0.2) is 80.5 Å². The maximum Gasteiger partial charge on any atom is 0.326 e. The van der Waals surface area contributed by atoms with E-state index in [-0.39, 0.29) is 25.3 Å². The summed E-state index contributed by atoms with van der Waals surface area (Å²) in [6, 6.07) is 2.82. The number of carbonyl (C=O) groups is 5. The Morgan fingerprint density at radius 1 is 1.11 bits per heavy atom. The van der Waals surface area contributed by atoms with Crippen molar-refractivity contribution >= 4 is 40.6 Å². The van der Waals surface area contributed by atoms with E-state index in [9.17, 15) is 34.2 Å². The first-order chi connectivity index (χ1) is 18.0. The Labute approximate surface area is 219 Å². The first-order valence-corrected chi connectivity index (χ1v) is 12.6. The number of amides is 3. The molecule has 1 aromatic heterocycles. The highest BCUT2D eigenvalue weighted by molar-refractivity contribution is 5.96. The Morgan fingerprint density at radius 3 is 2.47 bits per heavy atom. The number of aromatic amines is 1. The van der Waals surface area contributed by atoms with E-state index in [1.165, 1.54) is 4.90 Å². The van der Waals surface area contributed by atoms with Crippen LogP contribution in [-0.2, 0) is 30.4 Å². The lowest BCUT2D eigenvalue weighted by Crippen LogP contribution is -2.57. The third-order valence-electron chi connectivity index (χ3n) is 6.61. The first-order valence-electron chi connectivity index (χ1n) is 12.6. The zero-order chi connectivity index (χ0) is 28.0. The van der Waals surface area contributed by atoms with E-state index in [4.69, 9.17) is 5.73 Å². The number of rotatable bonds is 12. The molecule has 1 aliphatic rings. The van der Waals surface area contributed by atoms with E-state index in [0.717, 1.165) is 16.5 Å². The number of carboxylic acid groups (broad SMARTS) is 2. The SMILES string of the molecule is CC(C)CC(N)C(=O)NC(CC(=O)O)C(=O)N1CCCC1C(=O)NC(Cc1c[nH]c2ccccc12)C(=O)O. The zero-order valence-electron chi connectivity index (χ0n) is 21.5. The third kappa shape index (κ3) is 7.09. The molecule has 1 aromatic carbocycles. The van der Waals surface area contributed by atoms with Crippen LogP contribution in [0.2, 0.25) is 0 Å². The largest absolute Gasteiger partial charge is 0.481 e. The van der Waals surface area contributed by atoms with Gasteiger partial charge in [0.15, 0.2) is 0 Å². The van der Waals surface area contributed by atoms with Crippen molar-refractivity contribution in [3.05, 3.63) is 36.0 Å². The summed E-state index contributed by atoms with van der Waals surface area (Å²) in [5.41, 5.74) is 7.45. The van der Waals surface area contributed by atoms with Crippen LogP contribution < -0.4 is 16.4 Å². The number of aliphatic carboxylic acids is 2. The molecule has 206 valence electrons. The number of nitrogens with two attached hydrogens (primary N) is 1. The van der Waals surface area contributed by atoms with Gasteiger partial charge in [0.25, 0.3) is 0 Å². The number of carbonyl (C=O) groups excluding carboxylic acids is 3. The summed E-state index contributed by atoms with van der Waals surface area (Å²) >= 11 is 0. The molecule has 4 unspecified atom stereocenters. The van der Waals surface area contributed by atoms with E-state index in [0.29, 0.717) is 12.8 Å². The standard InChI is InChI=1S/C26H35N5O7/c1-14(2)10-17(27)23(34)29-19(12-22(32)33)25(36)31-9-5-8-21(31)24(35)30-20(26(37)38)11-15-13-28-18-7-4-3-6-16(15)18/h3-4,6-7,13-14,17,19-21,28H,5,8-12,27H2,1-2H3,(H,29,34)(H,30,35)(H,32,33)(H,37,38). The summed E-state index contributed by atoms with van der Waals surface area (Å²) in [5, 5.41) is 24.9. The van der Waals surface area contributed by atoms with Crippen molar-refractivity contribution < 1.29 is 34.2 Å². The number of hydrogen-bond acceptors (Lipinski definition) is 6. The maximum absolute atomic E-state index is 13.3. The molecule has 38 heavy (non-hydrogen) atoms. The van der Waals surface area contributed by atoms with Crippen molar-refractivity contribution in [2.24, 2.45) is 11.7 Å². The maximum atomic E-state index is 13.3. The minimum absolute atomic E-state index is 0.0250. The summed E-state index contributed by atoms with van der Waals surface area (Å²) < 4.78 is 0. The van der Waals surface area contributed by atoms with Gasteiger partial charge >= 0.3 is 11.9 Å². The molecule has 12 heteroatoms. The van der Waals surface area contributed by atoms with E-state index < -0.39 is 60.2 Å². The summed E-state index contributed by atoms with van der Waals surface area (Å²) in [6.45, 7) is 3.92. The molecule has 2 heterocycles. The van der Waals surface area contributed by atoms with Crippen LogP contribution in [0.4, 0.5) is 0 Å². The van der Waals surface area contributed by atoms with Gasteiger partial charge in [0.1, 0.15) is 18.1 Å². The van der Waals surface area contributed by atoms with Crippen molar-refractivity contribution in [3.8, 4) is 0 Å². The molecule has 1 aliphatic heterocycles. The van der Waals surface area contributed by atoms with Crippen LogP contribution in [0.5, 0.6) is 0 Å². The van der Waals surface area contributed by atoms with Crippen molar-refractivity contribution in [3.63, 3.8) is 0 Å². The Hall–Kier alpha value is -3.93. The molecule has 12 nitrogen and oxygen atoms in total. The van der Waals surface area contributed by atoms with Crippen LogP contribution in [0.1, 0.15) is 45.1 Å². The fourth-order valence-electron chi connectivity index (χ4n) is 4.76. The molecule has 0 saturated carbocycles. The van der Waals surface area contributed by atoms with Crippen molar-refractivity contribution in [2.75, 3.05) is 6.54 Å². The van der Waals surface area contributed by atoms with E-state index >= 15 is 0 Å². The van der Waals surface area contributed by atoms with Gasteiger partial charge in [-0.2, -0.15) is 0 Å². The quantitative estimate of drug-likeness (QED) is 0.230. The molecular formula is C26H35N5O7. The predicted molar refractivity (Wildman–Crippen MR) is 138 cm³/mol. The Bertz CT molecular complexity index is 1190. The number of H-pyrrole nitrogens is 1. The number of hydrogen-bond donors (Lipinski definition) is 6. The number of aromatic nitrogens is 1. The lowest BCUT2D eigenvalue weighted by atomic mass is 10.0. The monoisotopic (exact) mass is 529 g/mol. The summed E-state index contributed by atoms with van der Waals surface area (Å²) in [6.07, 6.45) is 2.13. The Kier molecular flexibility index (Phi) is 9.45. The number of nitrogens with one attached hydrogen (secondary N) is 3. The normalized spacial score (nSPS) is 17.7. The fraction of sp³-hybridized carbons (Fsp3) is 0.500. The smallest absolute Gasteiger partial charge is 0.326 e. The van der Waals surface area contributed by atoms with Crippen LogP contribution in [0.3, 0.4) is 0 Å². The van der Waals surface area contributed by atoms with E-state index in [2.05, 4.69) is 15.6 Å². The van der Waals surface area contributed by atoms with Crippen molar-refractivity contribution in [1.29, 1.82) is 0 Å². The second-order valence-corrected chi connectivity index (χ2v) is 10.0. The molecule has 1 fully saturated rings. The average Bonchev–Trinajstić information content (AvgIpc) is 3.49. The molecule has 2 aromatic rings. The molecule has 0 aliphatic carbocycles. The lowest BCUT2D eigenvalue weighted by Gasteiger charge is -2.29. The molecular weight excluding hydrogens is 494 g/mol. The molecule has 4 atom stereocenters. The van der Waals surface area contributed by atoms with Gasteiger partial charge in [-0.15, -0.1) is 0 Å². The number of nitrogens with zero attached hydrogens (tertiary/aromatic N) is 1. The highest BCUT2D eigenvalue weighted by Crippen LogP contribution is 2.22. The summed E-state index contributed by atoms with van der Waals surface area (Å²) in [4.78, 5) is 66.7. The number of fused-ring (bicyclic) bond motifs is 1. The van der Waals surface area contributed by atoms with Crippen molar-refractivity contribution in [2.45, 2.75) is 70.1 Å². The van der Waals surface area contributed by atoms with Crippen LogP contribution >= 0.6 is 0 Å². The second-order valence-electron chi connectivity index (χ2n) is 10.0. The molecule has 0 radical (unpaired) electrons. The van der Waals surface area contributed by atoms with Gasteiger partial charge in [-0.05, 0) is 36.8 Å². The van der Waals surface area contributed by atoms with Gasteiger partial charge in [0.05, 0.1) is 12.5 Å². The highest BCUT2D eigenvalue weighted by atomic mass is 16.4. The predicted octanol–water partition coefficient (Wildman–Crippen LogP) is 0.604. The number of carboxylic acids is 2. The van der Waals surface area contributed by atoms with Crippen molar-refractivity contribution in [1.82, 2.24) is 20.5 Å². The minimum atomic E-state index is -1.41. The van der Waals surface area contributed by atoms with Crippen LogP contribution in [0.25, 0.3) is 10.9 Å². The number of likely N-dealkylation sites (tertiary alicyclic amines) is 1. The van der Waals surface area contributed by atoms with Gasteiger partial charge in [0, 0.05) is 30.1 Å². The van der Waals surface area contributed by atoms with E-state index in [1.807, 2.05) is 38.1 Å². The number of para-hydroxylation sites is 1. The summed E-state index contributed by atoms with van der Waals surface area (Å²) in [7, 11) is 0. The average molecular weight is 530 g/mol. The van der Waals surface area contributed by atoms with Gasteiger partial charge in [0.2, 0.25) is 17.7 Å². The van der Waals surface area contributed by atoms with Gasteiger partial charge < -0.3 is 36.5 Å². The lowest BCUT2D eigenvalue weighted by molar-refractivity contribution is -0.147. The second kappa shape index (κ2) is 12.5. The third-order valence-corrected chi connectivity index (χ3v) is 6.61. The molecule has 0 bridgehead atoms. The number of benzene rings is 1. The van der Waals surface area contributed by atoms with Gasteiger partial charge in [-0.1, -0.05) is 32.0 Å². The highest BCUT2D eigenvalue weighted by Gasteiger charge is 2.40. The molecule has 3 rings (SSSR count). The van der Waals surface area contributed by atoms with Gasteiger partial charge in [-0.3, -0.25) is 19.2 Å². The summed E-state index contributed by atoms with van der Waals surface area (Å²) in [5.74, 6) is -4.44. The van der Waals surface area contributed by atoms with E-state index in [1.54, 1.807) is 6.20 Å². The Morgan fingerprint density at radius 2 is 1.82 bits per heavy atom. The molecule has 1 saturated heterocycles. The zero-order valence-corrected chi connectivity index (χ0v) is 21.5. The molecule has 0 spiro atoms. The fourth-order valence-corrected chi connectivity index (χ4v) is 4.76. The first kappa shape index (κ1) is 28.6. The molecule has 7 N–H and O–H groups in total. The van der Waals surface area contributed by atoms with Gasteiger partial charge in [-0.25, -0.2) is 4.79 Å². The topological polar surface area (TPSA) is 195 Å². The van der Waals surface area contributed by atoms with Crippen LogP contribution in [0, 0.1) is 5.92 Å². The Balaban J connectivity index is 1.72. The van der Waals surface area contributed by atoms with Crippen LogP contribution in [0.15, 0.2) is 30.5 Å².